The van der Waals surface area contributed by atoms with Crippen LogP contribution < -0.4 is 15.0 Å². The second-order valence-electron chi connectivity index (χ2n) is 6.06. The van der Waals surface area contributed by atoms with Crippen LogP contribution >= 0.6 is 23.2 Å². The highest BCUT2D eigenvalue weighted by atomic mass is 35.5. The van der Waals surface area contributed by atoms with Gasteiger partial charge in [0, 0.05) is 18.8 Å². The first-order valence-corrected chi connectivity index (χ1v) is 9.58. The lowest BCUT2D eigenvalue weighted by Gasteiger charge is -2.30. The van der Waals surface area contributed by atoms with E-state index in [9.17, 15) is 9.59 Å². The number of hydrogen-bond acceptors (Lipinski definition) is 3. The van der Waals surface area contributed by atoms with Gasteiger partial charge in [0.2, 0.25) is 0 Å². The van der Waals surface area contributed by atoms with Gasteiger partial charge in [0.25, 0.3) is 5.91 Å². The molecule has 1 aromatic rings. The molecule has 1 aliphatic rings. The minimum absolute atomic E-state index is 0.331. The molecule has 138 valence electrons. The Morgan fingerprint density at radius 3 is 2.80 bits per heavy atom. The molecule has 1 aromatic carbocycles. The van der Waals surface area contributed by atoms with Crippen molar-refractivity contribution in [2.24, 2.45) is 0 Å². The van der Waals surface area contributed by atoms with Gasteiger partial charge in [0.05, 0.1) is 0 Å². The molecule has 0 spiro atoms. The van der Waals surface area contributed by atoms with Crippen LogP contribution in [0.1, 0.15) is 44.6 Å². The maximum absolute atomic E-state index is 12.1. The van der Waals surface area contributed by atoms with Gasteiger partial charge in [-0.2, -0.15) is 0 Å². The van der Waals surface area contributed by atoms with E-state index in [0.717, 1.165) is 43.4 Å². The van der Waals surface area contributed by atoms with Crippen molar-refractivity contribution in [1.82, 2.24) is 5.32 Å². The van der Waals surface area contributed by atoms with Crippen LogP contribution in [0.3, 0.4) is 0 Å². The normalized spacial score (nSPS) is 13.5. The third-order valence-corrected chi connectivity index (χ3v) is 4.51. The summed E-state index contributed by atoms with van der Waals surface area (Å²) < 4.78 is 5.32. The number of amides is 2. The number of unbranched alkanes of at least 4 members (excludes halogenated alkanes) is 3. The molecule has 2 rings (SSSR count). The minimum atomic E-state index is -1.08. The minimum Gasteiger partial charge on any atom is -0.410 e. The number of aryl methyl sites for hydroxylation is 1. The van der Waals surface area contributed by atoms with Crippen molar-refractivity contribution in [3.05, 3.63) is 23.8 Å². The van der Waals surface area contributed by atoms with Crippen molar-refractivity contribution < 1.29 is 14.3 Å². The summed E-state index contributed by atoms with van der Waals surface area (Å²) >= 11 is 11.4. The summed E-state index contributed by atoms with van der Waals surface area (Å²) in [5.41, 5.74) is 1.72. The summed E-state index contributed by atoms with van der Waals surface area (Å²) in [7, 11) is 0. The zero-order valence-corrected chi connectivity index (χ0v) is 15.9. The van der Waals surface area contributed by atoms with E-state index in [0.29, 0.717) is 18.8 Å². The van der Waals surface area contributed by atoms with E-state index in [2.05, 4.69) is 12.2 Å². The van der Waals surface area contributed by atoms with Crippen LogP contribution in [0.25, 0.3) is 0 Å². The van der Waals surface area contributed by atoms with Crippen LogP contribution in [-0.4, -0.2) is 29.9 Å². The molecular weight excluding hydrogens is 363 g/mol. The Labute approximate surface area is 158 Å². The van der Waals surface area contributed by atoms with Crippen LogP contribution in [-0.2, 0) is 11.2 Å². The lowest BCUT2D eigenvalue weighted by molar-refractivity contribution is -0.117. The van der Waals surface area contributed by atoms with Crippen molar-refractivity contribution in [3.8, 4) is 5.75 Å². The summed E-state index contributed by atoms with van der Waals surface area (Å²) in [5.74, 6) is 0.134. The van der Waals surface area contributed by atoms with E-state index >= 15 is 0 Å². The maximum atomic E-state index is 12.1. The fourth-order valence-electron chi connectivity index (χ4n) is 2.87. The number of hydrogen-bond donors (Lipinski definition) is 1. The first-order valence-electron chi connectivity index (χ1n) is 8.71. The largest absolute Gasteiger partial charge is 0.412 e. The highest BCUT2D eigenvalue weighted by Crippen LogP contribution is 2.31. The lowest BCUT2D eigenvalue weighted by Crippen LogP contribution is -2.38. The van der Waals surface area contributed by atoms with Crippen LogP contribution in [0.5, 0.6) is 5.75 Å². The van der Waals surface area contributed by atoms with Gasteiger partial charge in [-0.05, 0) is 43.0 Å². The highest BCUT2D eigenvalue weighted by Gasteiger charge is 2.26. The van der Waals surface area contributed by atoms with Gasteiger partial charge < -0.3 is 15.0 Å². The molecule has 0 unspecified atom stereocenters. The van der Waals surface area contributed by atoms with Gasteiger partial charge in [0.1, 0.15) is 5.75 Å². The molecule has 5 nitrogen and oxygen atoms in total. The Kier molecular flexibility index (Phi) is 7.85. The second-order valence-corrected chi connectivity index (χ2v) is 7.16. The number of nitrogens with one attached hydrogen (secondary N) is 1. The van der Waals surface area contributed by atoms with Gasteiger partial charge in [-0.3, -0.25) is 4.79 Å². The summed E-state index contributed by atoms with van der Waals surface area (Å²) in [6, 6.07) is 5.24. The zero-order valence-electron chi connectivity index (χ0n) is 14.4. The standard InChI is InChI=1S/C18H24Cl2N2O3/c1-2-3-4-5-10-21-18(24)25-14-8-9-15-13(12-14)7-6-11-22(15)17(23)16(19)20/h8-9,12,16H,2-7,10-11H2,1H3,(H,21,24). The summed E-state index contributed by atoms with van der Waals surface area (Å²) in [6.45, 7) is 3.34. The molecule has 0 saturated carbocycles. The van der Waals surface area contributed by atoms with E-state index in [1.807, 2.05) is 0 Å². The number of nitrogens with zero attached hydrogens (tertiary/aromatic N) is 1. The summed E-state index contributed by atoms with van der Waals surface area (Å²) in [5, 5.41) is 2.75. The van der Waals surface area contributed by atoms with Crippen molar-refractivity contribution in [2.45, 2.75) is 50.3 Å². The molecule has 0 bridgehead atoms. The zero-order chi connectivity index (χ0) is 18.2. The third kappa shape index (κ3) is 5.79. The molecular formula is C18H24Cl2N2O3. The van der Waals surface area contributed by atoms with Gasteiger partial charge in [0.15, 0.2) is 4.84 Å². The second kappa shape index (κ2) is 9.88. The monoisotopic (exact) mass is 386 g/mol. The Balaban J connectivity index is 1.94. The van der Waals surface area contributed by atoms with Crippen molar-refractivity contribution in [2.75, 3.05) is 18.0 Å². The Morgan fingerprint density at radius 2 is 2.08 bits per heavy atom. The SMILES string of the molecule is CCCCCCNC(=O)Oc1ccc2c(c1)CCCN2C(=O)C(Cl)Cl. The summed E-state index contributed by atoms with van der Waals surface area (Å²) in [4.78, 5) is 24.4. The number of rotatable bonds is 7. The highest BCUT2D eigenvalue weighted by molar-refractivity contribution is 6.54. The first kappa shape index (κ1) is 19.9. The number of anilines is 1. The van der Waals surface area contributed by atoms with E-state index in [1.165, 1.54) is 6.42 Å². The number of alkyl halides is 2. The topological polar surface area (TPSA) is 58.6 Å². The number of carbonyl (C=O) groups excluding carboxylic acids is 2. The molecule has 0 atom stereocenters. The van der Waals surface area contributed by atoms with Gasteiger partial charge in [-0.25, -0.2) is 4.79 Å². The van der Waals surface area contributed by atoms with Crippen molar-refractivity contribution >= 4 is 40.9 Å². The summed E-state index contributed by atoms with van der Waals surface area (Å²) in [6.07, 6.45) is 5.54. The van der Waals surface area contributed by atoms with Crippen LogP contribution in [0.15, 0.2) is 18.2 Å². The number of halogens is 2. The molecule has 1 N–H and O–H groups in total. The predicted octanol–water partition coefficient (Wildman–Crippen LogP) is 4.44. The molecule has 2 amide bonds. The van der Waals surface area contributed by atoms with Gasteiger partial charge in [-0.15, -0.1) is 0 Å². The molecule has 0 aromatic heterocycles. The average molecular weight is 387 g/mol. The van der Waals surface area contributed by atoms with Gasteiger partial charge in [-0.1, -0.05) is 49.4 Å². The fourth-order valence-corrected chi connectivity index (χ4v) is 3.10. The predicted molar refractivity (Wildman–Crippen MR) is 101 cm³/mol. The lowest BCUT2D eigenvalue weighted by atomic mass is 10.0. The molecule has 0 fully saturated rings. The Hall–Kier alpha value is -1.46. The maximum Gasteiger partial charge on any atom is 0.412 e. The van der Waals surface area contributed by atoms with E-state index in [-0.39, 0.29) is 5.91 Å². The Morgan fingerprint density at radius 1 is 1.28 bits per heavy atom. The molecule has 1 heterocycles. The van der Waals surface area contributed by atoms with E-state index in [1.54, 1.807) is 23.1 Å². The van der Waals surface area contributed by atoms with Crippen LogP contribution in [0, 0.1) is 0 Å². The smallest absolute Gasteiger partial charge is 0.410 e. The molecule has 7 heteroatoms. The molecule has 0 radical (unpaired) electrons. The average Bonchev–Trinajstić information content (AvgIpc) is 2.60. The Bertz CT molecular complexity index is 608. The molecule has 0 aliphatic carbocycles. The van der Waals surface area contributed by atoms with Crippen LogP contribution in [0.4, 0.5) is 10.5 Å². The molecule has 25 heavy (non-hydrogen) atoms. The van der Waals surface area contributed by atoms with E-state index in [4.69, 9.17) is 27.9 Å². The quantitative estimate of drug-likeness (QED) is 0.556. The number of carbonyl (C=O) groups is 2. The fraction of sp³-hybridized carbons (Fsp3) is 0.556. The van der Waals surface area contributed by atoms with E-state index < -0.39 is 10.9 Å². The van der Waals surface area contributed by atoms with Crippen LogP contribution in [0.2, 0.25) is 0 Å². The number of fused-ring (bicyclic) bond motifs is 1. The third-order valence-electron chi connectivity index (χ3n) is 4.13. The van der Waals surface area contributed by atoms with Gasteiger partial charge >= 0.3 is 6.09 Å². The number of benzene rings is 1. The number of ether oxygens (including phenoxy) is 1. The van der Waals surface area contributed by atoms with Crippen molar-refractivity contribution in [1.29, 1.82) is 0 Å². The van der Waals surface area contributed by atoms with Crippen molar-refractivity contribution in [3.63, 3.8) is 0 Å². The molecule has 1 aliphatic heterocycles. The molecule has 0 saturated heterocycles. The first-order chi connectivity index (χ1) is 12.0.